The molecule has 0 aliphatic carbocycles. The van der Waals surface area contributed by atoms with Gasteiger partial charge in [-0.2, -0.15) is 0 Å². The highest BCUT2D eigenvalue weighted by atomic mass is 32.2. The third-order valence-electron chi connectivity index (χ3n) is 2.62. The molecule has 0 spiro atoms. The summed E-state index contributed by atoms with van der Waals surface area (Å²) in [5.74, 6) is -1.09. The van der Waals surface area contributed by atoms with Crippen LogP contribution >= 0.6 is 11.8 Å². The number of rotatable bonds is 7. The smallest absolute Gasteiger partial charge is 0.303 e. The van der Waals surface area contributed by atoms with Crippen molar-refractivity contribution in [3.8, 4) is 0 Å². The van der Waals surface area contributed by atoms with Gasteiger partial charge in [-0.05, 0) is 30.2 Å². The molecule has 0 bridgehead atoms. The lowest BCUT2D eigenvalue weighted by molar-refractivity contribution is -0.137. The van der Waals surface area contributed by atoms with E-state index in [0.717, 1.165) is 4.90 Å². The molecule has 5 heteroatoms. The predicted molar refractivity (Wildman–Crippen MR) is 81.2 cm³/mol. The number of amides is 1. The zero-order valence-corrected chi connectivity index (χ0v) is 12.9. The van der Waals surface area contributed by atoms with E-state index in [9.17, 15) is 9.59 Å². The highest BCUT2D eigenvalue weighted by Gasteiger charge is 2.10. The third kappa shape index (κ3) is 6.10. The van der Waals surface area contributed by atoms with Crippen LogP contribution in [0.2, 0.25) is 0 Å². The first-order chi connectivity index (χ1) is 9.38. The van der Waals surface area contributed by atoms with Crippen LogP contribution in [0.25, 0.3) is 0 Å². The molecule has 1 unspecified atom stereocenters. The van der Waals surface area contributed by atoms with Crippen molar-refractivity contribution in [1.82, 2.24) is 5.32 Å². The molecular formula is C15H21NO3S. The molecular weight excluding hydrogens is 274 g/mol. The second kappa shape index (κ2) is 7.94. The van der Waals surface area contributed by atoms with E-state index in [-0.39, 0.29) is 18.2 Å². The molecule has 0 aliphatic heterocycles. The fourth-order valence-corrected chi connectivity index (χ4v) is 2.53. The van der Waals surface area contributed by atoms with Crippen molar-refractivity contribution >= 4 is 23.6 Å². The van der Waals surface area contributed by atoms with E-state index in [0.29, 0.717) is 17.4 Å². The van der Waals surface area contributed by atoms with Crippen molar-refractivity contribution in [2.45, 2.75) is 37.3 Å². The van der Waals surface area contributed by atoms with E-state index >= 15 is 0 Å². The minimum Gasteiger partial charge on any atom is -0.481 e. The molecule has 2 N–H and O–H groups in total. The molecule has 4 nitrogen and oxygen atoms in total. The van der Waals surface area contributed by atoms with Crippen molar-refractivity contribution in [1.29, 1.82) is 0 Å². The molecule has 1 rings (SSSR count). The Balaban J connectivity index is 2.49. The van der Waals surface area contributed by atoms with Crippen molar-refractivity contribution in [2.24, 2.45) is 5.92 Å². The van der Waals surface area contributed by atoms with Crippen LogP contribution in [-0.4, -0.2) is 28.8 Å². The Morgan fingerprint density at radius 3 is 2.30 bits per heavy atom. The SMILES string of the molecule is CC(CNC(=O)c1ccc(SC(C)C)cc1)CC(=O)O. The quantitative estimate of drug-likeness (QED) is 0.759. The Bertz CT molecular complexity index is 457. The van der Waals surface area contributed by atoms with Crippen LogP contribution < -0.4 is 5.32 Å². The van der Waals surface area contributed by atoms with Gasteiger partial charge in [-0.1, -0.05) is 20.8 Å². The van der Waals surface area contributed by atoms with E-state index in [4.69, 9.17) is 5.11 Å². The number of nitrogens with one attached hydrogen (secondary N) is 1. The number of carbonyl (C=O) groups excluding carboxylic acids is 1. The zero-order chi connectivity index (χ0) is 15.1. The maximum absolute atomic E-state index is 11.9. The highest BCUT2D eigenvalue weighted by Crippen LogP contribution is 2.22. The second-order valence-electron chi connectivity index (χ2n) is 5.10. The number of carbonyl (C=O) groups is 2. The van der Waals surface area contributed by atoms with Crippen molar-refractivity contribution < 1.29 is 14.7 Å². The molecule has 110 valence electrons. The van der Waals surface area contributed by atoms with Crippen LogP contribution in [0.5, 0.6) is 0 Å². The van der Waals surface area contributed by atoms with E-state index in [1.807, 2.05) is 12.1 Å². The maximum Gasteiger partial charge on any atom is 0.303 e. The van der Waals surface area contributed by atoms with E-state index < -0.39 is 5.97 Å². The summed E-state index contributed by atoms with van der Waals surface area (Å²) in [5.41, 5.74) is 0.598. The largest absolute Gasteiger partial charge is 0.481 e. The van der Waals surface area contributed by atoms with Gasteiger partial charge in [0, 0.05) is 28.7 Å². The number of aliphatic carboxylic acids is 1. The Morgan fingerprint density at radius 2 is 1.80 bits per heavy atom. The average molecular weight is 295 g/mol. The normalized spacial score (nSPS) is 12.2. The molecule has 0 saturated carbocycles. The molecule has 0 aromatic heterocycles. The first-order valence-corrected chi connectivity index (χ1v) is 7.53. The topological polar surface area (TPSA) is 66.4 Å². The lowest BCUT2D eigenvalue weighted by atomic mass is 10.1. The molecule has 1 amide bonds. The van der Waals surface area contributed by atoms with E-state index in [1.165, 1.54) is 0 Å². The van der Waals surface area contributed by atoms with Crippen LogP contribution in [0.15, 0.2) is 29.2 Å². The standard InChI is InChI=1S/C15H21NO3S/c1-10(2)20-13-6-4-12(5-7-13)15(19)16-9-11(3)8-14(17)18/h4-7,10-11H,8-9H2,1-3H3,(H,16,19)(H,17,18). The van der Waals surface area contributed by atoms with Crippen LogP contribution in [0.3, 0.4) is 0 Å². The fraction of sp³-hybridized carbons (Fsp3) is 0.467. The Labute approximate surface area is 124 Å². The average Bonchev–Trinajstić information content (AvgIpc) is 2.35. The van der Waals surface area contributed by atoms with Crippen molar-refractivity contribution in [3.05, 3.63) is 29.8 Å². The van der Waals surface area contributed by atoms with Gasteiger partial charge in [-0.15, -0.1) is 11.8 Å². The lowest BCUT2D eigenvalue weighted by Crippen LogP contribution is -2.29. The molecule has 1 aromatic rings. The monoisotopic (exact) mass is 295 g/mol. The third-order valence-corrected chi connectivity index (χ3v) is 3.64. The van der Waals surface area contributed by atoms with Gasteiger partial charge in [0.15, 0.2) is 0 Å². The minimum atomic E-state index is -0.846. The van der Waals surface area contributed by atoms with Crippen molar-refractivity contribution in [2.75, 3.05) is 6.54 Å². The Kier molecular flexibility index (Phi) is 6.58. The highest BCUT2D eigenvalue weighted by molar-refractivity contribution is 7.99. The summed E-state index contributed by atoms with van der Waals surface area (Å²) in [6.07, 6.45) is 0.0598. The number of hydrogen-bond donors (Lipinski definition) is 2. The number of hydrogen-bond acceptors (Lipinski definition) is 3. The van der Waals surface area contributed by atoms with Gasteiger partial charge in [0.05, 0.1) is 0 Å². The molecule has 0 saturated heterocycles. The van der Waals surface area contributed by atoms with Gasteiger partial charge in [0.2, 0.25) is 0 Å². The number of benzene rings is 1. The van der Waals surface area contributed by atoms with Gasteiger partial charge < -0.3 is 10.4 Å². The first-order valence-electron chi connectivity index (χ1n) is 6.65. The second-order valence-corrected chi connectivity index (χ2v) is 6.75. The van der Waals surface area contributed by atoms with Gasteiger partial charge in [0.25, 0.3) is 5.91 Å². The summed E-state index contributed by atoms with van der Waals surface area (Å²) >= 11 is 1.75. The summed E-state index contributed by atoms with van der Waals surface area (Å²) in [6.45, 7) is 6.41. The lowest BCUT2D eigenvalue weighted by Gasteiger charge is -2.11. The summed E-state index contributed by atoms with van der Waals surface area (Å²) in [4.78, 5) is 23.6. The zero-order valence-electron chi connectivity index (χ0n) is 12.1. The van der Waals surface area contributed by atoms with Crippen LogP contribution in [0.4, 0.5) is 0 Å². The first kappa shape index (κ1) is 16.6. The van der Waals surface area contributed by atoms with Crippen LogP contribution in [-0.2, 0) is 4.79 Å². The summed E-state index contributed by atoms with van der Waals surface area (Å²) < 4.78 is 0. The number of carboxylic acid groups (broad SMARTS) is 1. The van der Waals surface area contributed by atoms with Crippen LogP contribution in [0.1, 0.15) is 37.6 Å². The Hall–Kier alpha value is -1.49. The number of thioether (sulfide) groups is 1. The summed E-state index contributed by atoms with van der Waals surface area (Å²) in [5, 5.41) is 11.9. The molecule has 1 aromatic carbocycles. The molecule has 0 heterocycles. The molecule has 1 atom stereocenters. The molecule has 0 radical (unpaired) electrons. The molecule has 20 heavy (non-hydrogen) atoms. The van der Waals surface area contributed by atoms with Gasteiger partial charge in [-0.3, -0.25) is 9.59 Å². The van der Waals surface area contributed by atoms with Gasteiger partial charge in [-0.25, -0.2) is 0 Å². The Morgan fingerprint density at radius 1 is 1.20 bits per heavy atom. The fourth-order valence-electron chi connectivity index (χ4n) is 1.70. The minimum absolute atomic E-state index is 0.0598. The van der Waals surface area contributed by atoms with Gasteiger partial charge in [0.1, 0.15) is 0 Å². The van der Waals surface area contributed by atoms with Crippen LogP contribution in [0, 0.1) is 5.92 Å². The predicted octanol–water partition coefficient (Wildman–Crippen LogP) is 3.03. The maximum atomic E-state index is 11.9. The van der Waals surface area contributed by atoms with Gasteiger partial charge >= 0.3 is 5.97 Å². The van der Waals surface area contributed by atoms with Crippen molar-refractivity contribution in [3.63, 3.8) is 0 Å². The van der Waals surface area contributed by atoms with E-state index in [2.05, 4.69) is 19.2 Å². The molecule has 0 fully saturated rings. The summed E-state index contributed by atoms with van der Waals surface area (Å²) in [6, 6.07) is 7.45. The number of carboxylic acids is 1. The summed E-state index contributed by atoms with van der Waals surface area (Å²) in [7, 11) is 0. The molecule has 0 aliphatic rings. The van der Waals surface area contributed by atoms with E-state index in [1.54, 1.807) is 30.8 Å².